The van der Waals surface area contributed by atoms with Crippen molar-refractivity contribution in [2.45, 2.75) is 45.3 Å². The van der Waals surface area contributed by atoms with Gasteiger partial charge in [-0.1, -0.05) is 11.6 Å². The van der Waals surface area contributed by atoms with Crippen molar-refractivity contribution >= 4 is 28.7 Å². The van der Waals surface area contributed by atoms with E-state index in [1.54, 1.807) is 11.0 Å². The topological polar surface area (TPSA) is 60.2 Å². The number of rotatable bonds is 1. The fourth-order valence-corrected chi connectivity index (χ4v) is 2.87. The molecule has 3 rings (SSSR count). The lowest BCUT2D eigenvalue weighted by Crippen LogP contribution is -2.42. The van der Waals surface area contributed by atoms with Crippen molar-refractivity contribution in [1.29, 1.82) is 0 Å². The predicted octanol–water partition coefficient (Wildman–Crippen LogP) is 3.66. The predicted molar refractivity (Wildman–Crippen MR) is 88.6 cm³/mol. The molecule has 1 amide bonds. The maximum atomic E-state index is 12.1. The summed E-state index contributed by atoms with van der Waals surface area (Å²) in [6.45, 7) is 6.98. The van der Waals surface area contributed by atoms with Crippen LogP contribution in [-0.4, -0.2) is 44.4 Å². The molecule has 6 nitrogen and oxygen atoms in total. The Morgan fingerprint density at radius 1 is 1.30 bits per heavy atom. The molecule has 124 valence electrons. The zero-order valence-electron chi connectivity index (χ0n) is 13.6. The summed E-state index contributed by atoms with van der Waals surface area (Å²) in [6, 6.07) is 3.95. The molecule has 0 bridgehead atoms. The first-order chi connectivity index (χ1) is 10.8. The third-order valence-electron chi connectivity index (χ3n) is 3.84. The van der Waals surface area contributed by atoms with Crippen LogP contribution in [0.5, 0.6) is 0 Å². The van der Waals surface area contributed by atoms with Crippen molar-refractivity contribution in [3.8, 4) is 0 Å². The molecule has 0 N–H and O–H groups in total. The number of likely N-dealkylation sites (tertiary alicyclic amines) is 1. The average molecular weight is 337 g/mol. The smallest absolute Gasteiger partial charge is 0.410 e. The van der Waals surface area contributed by atoms with Crippen molar-refractivity contribution in [2.24, 2.45) is 0 Å². The minimum Gasteiger partial charge on any atom is -0.444 e. The van der Waals surface area contributed by atoms with Gasteiger partial charge in [0.2, 0.25) is 0 Å². The third kappa shape index (κ3) is 3.75. The van der Waals surface area contributed by atoms with Crippen molar-refractivity contribution in [3.63, 3.8) is 0 Å². The summed E-state index contributed by atoms with van der Waals surface area (Å²) in [5.41, 5.74) is 0.200. The zero-order valence-corrected chi connectivity index (χ0v) is 14.4. The molecular weight excluding hydrogens is 316 g/mol. The number of hydrogen-bond acceptors (Lipinski definition) is 4. The molecule has 0 radical (unpaired) electrons. The number of hydrogen-bond donors (Lipinski definition) is 0. The van der Waals surface area contributed by atoms with Crippen LogP contribution in [0.3, 0.4) is 0 Å². The molecule has 2 aromatic rings. The maximum Gasteiger partial charge on any atom is 0.410 e. The first-order valence-electron chi connectivity index (χ1n) is 7.81. The van der Waals surface area contributed by atoms with E-state index in [1.807, 2.05) is 37.7 Å². The molecule has 0 atom stereocenters. The quantitative estimate of drug-likeness (QED) is 0.746. The lowest BCUT2D eigenvalue weighted by molar-refractivity contribution is 0.0185. The van der Waals surface area contributed by atoms with Crippen LogP contribution in [0.2, 0.25) is 5.15 Å². The van der Waals surface area contributed by atoms with E-state index in [4.69, 9.17) is 16.3 Å². The lowest BCUT2D eigenvalue weighted by Gasteiger charge is -2.33. The van der Waals surface area contributed by atoms with E-state index in [9.17, 15) is 4.79 Å². The second-order valence-corrected chi connectivity index (χ2v) is 7.24. The Kier molecular flexibility index (Phi) is 4.19. The van der Waals surface area contributed by atoms with Gasteiger partial charge in [-0.2, -0.15) is 5.10 Å². The normalized spacial score (nSPS) is 16.8. The second kappa shape index (κ2) is 6.00. The fraction of sp³-hybridized carbons (Fsp3) is 0.562. The highest BCUT2D eigenvalue weighted by molar-refractivity contribution is 6.29. The number of carbonyl (C=O) groups is 1. The molecular formula is C16H21ClN4O2. The van der Waals surface area contributed by atoms with Crippen LogP contribution in [-0.2, 0) is 4.74 Å². The molecule has 2 aromatic heterocycles. The molecule has 0 aromatic carbocycles. The van der Waals surface area contributed by atoms with Gasteiger partial charge in [0.15, 0.2) is 5.65 Å². The number of amides is 1. The Balaban J connectivity index is 1.65. The number of pyridine rings is 1. The molecule has 3 heterocycles. The number of nitrogens with zero attached hydrogens (tertiary/aromatic N) is 4. The van der Waals surface area contributed by atoms with Gasteiger partial charge >= 0.3 is 6.09 Å². The Bertz CT molecular complexity index is 714. The first kappa shape index (κ1) is 16.1. The average Bonchev–Trinajstić information content (AvgIpc) is 2.88. The van der Waals surface area contributed by atoms with Crippen molar-refractivity contribution < 1.29 is 9.53 Å². The summed E-state index contributed by atoms with van der Waals surface area (Å²) in [5, 5.41) is 5.94. The summed E-state index contributed by atoms with van der Waals surface area (Å²) in [7, 11) is 0. The lowest BCUT2D eigenvalue weighted by atomic mass is 10.1. The summed E-state index contributed by atoms with van der Waals surface area (Å²) in [4.78, 5) is 18.1. The highest BCUT2D eigenvalue weighted by Gasteiger charge is 2.28. The summed E-state index contributed by atoms with van der Waals surface area (Å²) in [6.07, 6.45) is 3.45. The van der Waals surface area contributed by atoms with Gasteiger partial charge in [0, 0.05) is 24.7 Å². The van der Waals surface area contributed by atoms with Crippen LogP contribution in [0.1, 0.15) is 39.7 Å². The van der Waals surface area contributed by atoms with Crippen LogP contribution in [0.15, 0.2) is 18.3 Å². The highest BCUT2D eigenvalue weighted by atomic mass is 35.5. The van der Waals surface area contributed by atoms with Gasteiger partial charge in [0.1, 0.15) is 10.8 Å². The van der Waals surface area contributed by atoms with E-state index in [-0.39, 0.29) is 12.1 Å². The molecule has 1 fully saturated rings. The number of fused-ring (bicyclic) bond motifs is 1. The molecule has 1 saturated heterocycles. The van der Waals surface area contributed by atoms with Gasteiger partial charge in [-0.15, -0.1) is 0 Å². The zero-order chi connectivity index (χ0) is 16.6. The minimum absolute atomic E-state index is 0.241. The molecule has 0 saturated carbocycles. The van der Waals surface area contributed by atoms with Crippen molar-refractivity contribution in [1.82, 2.24) is 19.7 Å². The van der Waals surface area contributed by atoms with Crippen LogP contribution in [0.4, 0.5) is 4.79 Å². The van der Waals surface area contributed by atoms with Gasteiger partial charge in [-0.25, -0.2) is 9.78 Å². The Labute approximate surface area is 140 Å². The second-order valence-electron chi connectivity index (χ2n) is 6.85. The highest BCUT2D eigenvalue weighted by Crippen LogP contribution is 2.25. The van der Waals surface area contributed by atoms with Gasteiger partial charge in [0.25, 0.3) is 0 Å². The molecule has 7 heteroatoms. The van der Waals surface area contributed by atoms with E-state index in [2.05, 4.69) is 10.1 Å². The molecule has 0 spiro atoms. The van der Waals surface area contributed by atoms with Crippen LogP contribution in [0.25, 0.3) is 11.0 Å². The van der Waals surface area contributed by atoms with Crippen LogP contribution >= 0.6 is 11.6 Å². The molecule has 23 heavy (non-hydrogen) atoms. The standard InChI is InChI=1S/C16H21ClN4O2/c1-16(2,3)23-15(22)20-8-6-12(7-9-20)21-10-11-4-5-13(17)18-14(11)19-21/h4-5,10,12H,6-9H2,1-3H3. The van der Waals surface area contributed by atoms with E-state index in [1.165, 1.54) is 0 Å². The van der Waals surface area contributed by atoms with E-state index in [0.29, 0.717) is 23.9 Å². The summed E-state index contributed by atoms with van der Waals surface area (Å²) >= 11 is 5.90. The van der Waals surface area contributed by atoms with Crippen LogP contribution < -0.4 is 0 Å². The van der Waals surface area contributed by atoms with E-state index < -0.39 is 5.60 Å². The van der Waals surface area contributed by atoms with E-state index in [0.717, 1.165) is 18.2 Å². The third-order valence-corrected chi connectivity index (χ3v) is 4.05. The number of ether oxygens (including phenoxy) is 1. The Hall–Kier alpha value is -1.82. The maximum absolute atomic E-state index is 12.1. The largest absolute Gasteiger partial charge is 0.444 e. The molecule has 1 aliphatic rings. The molecule has 1 aliphatic heterocycles. The number of aromatic nitrogens is 3. The van der Waals surface area contributed by atoms with Gasteiger partial charge < -0.3 is 9.64 Å². The number of piperidine rings is 1. The van der Waals surface area contributed by atoms with E-state index >= 15 is 0 Å². The monoisotopic (exact) mass is 336 g/mol. The van der Waals surface area contributed by atoms with Crippen molar-refractivity contribution in [3.05, 3.63) is 23.5 Å². The Morgan fingerprint density at radius 3 is 2.65 bits per heavy atom. The SMILES string of the molecule is CC(C)(C)OC(=O)N1CCC(n2cc3ccc(Cl)nc3n2)CC1. The van der Waals surface area contributed by atoms with Crippen molar-refractivity contribution in [2.75, 3.05) is 13.1 Å². The van der Waals surface area contributed by atoms with Crippen LogP contribution in [0, 0.1) is 0 Å². The number of carbonyl (C=O) groups excluding carboxylic acids is 1. The summed E-state index contributed by atoms with van der Waals surface area (Å²) < 4.78 is 7.36. The fourth-order valence-electron chi connectivity index (χ4n) is 2.72. The first-order valence-corrected chi connectivity index (χ1v) is 8.19. The van der Waals surface area contributed by atoms with Gasteiger partial charge in [-0.05, 0) is 45.7 Å². The molecule has 0 aliphatic carbocycles. The number of halogens is 1. The Morgan fingerprint density at radius 2 is 2.00 bits per heavy atom. The van der Waals surface area contributed by atoms with Gasteiger partial charge in [0.05, 0.1) is 6.04 Å². The van der Waals surface area contributed by atoms with Gasteiger partial charge in [-0.3, -0.25) is 4.68 Å². The summed E-state index contributed by atoms with van der Waals surface area (Å²) in [5.74, 6) is 0. The minimum atomic E-state index is -0.460. The molecule has 0 unspecified atom stereocenters.